The van der Waals surface area contributed by atoms with Crippen molar-refractivity contribution in [2.24, 2.45) is 5.92 Å². The second-order valence-corrected chi connectivity index (χ2v) is 5.85. The summed E-state index contributed by atoms with van der Waals surface area (Å²) in [7, 11) is 0. The van der Waals surface area contributed by atoms with E-state index in [1.54, 1.807) is 6.92 Å². The molecule has 0 aliphatic rings. The highest BCUT2D eigenvalue weighted by Gasteiger charge is 2.22. The van der Waals surface area contributed by atoms with Crippen LogP contribution in [0.15, 0.2) is 59.1 Å². The Morgan fingerprint density at radius 3 is 2.20 bits per heavy atom. The molecule has 0 fully saturated rings. The number of para-hydroxylation sites is 1. The van der Waals surface area contributed by atoms with Crippen molar-refractivity contribution in [3.8, 4) is 0 Å². The monoisotopic (exact) mass is 331 g/mol. The molecule has 2 nitrogen and oxygen atoms in total. The highest BCUT2D eigenvalue weighted by Crippen LogP contribution is 2.28. The minimum Gasteiger partial charge on any atom is -0.378 e. The lowest BCUT2D eigenvalue weighted by Gasteiger charge is -2.25. The first kappa shape index (κ1) is 14.8. The van der Waals surface area contributed by atoms with Gasteiger partial charge in [0.15, 0.2) is 0 Å². The summed E-state index contributed by atoms with van der Waals surface area (Å²) in [6.45, 7) is 3.61. The first-order valence-electron chi connectivity index (χ1n) is 6.65. The molecule has 2 atom stereocenters. The Morgan fingerprint density at radius 2 is 1.65 bits per heavy atom. The van der Waals surface area contributed by atoms with E-state index in [4.69, 9.17) is 0 Å². The lowest BCUT2D eigenvalue weighted by atomic mass is 9.91. The predicted molar refractivity (Wildman–Crippen MR) is 86.8 cm³/mol. The van der Waals surface area contributed by atoms with Crippen LogP contribution in [-0.4, -0.2) is 5.78 Å². The molecule has 2 aromatic rings. The summed E-state index contributed by atoms with van der Waals surface area (Å²) in [6, 6.07) is 18.0. The van der Waals surface area contributed by atoms with Crippen molar-refractivity contribution in [2.45, 2.75) is 19.9 Å². The molecule has 2 aromatic carbocycles. The molecule has 1 N–H and O–H groups in total. The van der Waals surface area contributed by atoms with E-state index in [0.717, 1.165) is 15.7 Å². The molecule has 0 aliphatic heterocycles. The quantitative estimate of drug-likeness (QED) is 0.850. The number of carbonyl (C=O) groups excluding carboxylic acids is 1. The number of carbonyl (C=O) groups is 1. The van der Waals surface area contributed by atoms with E-state index in [1.165, 1.54) is 0 Å². The van der Waals surface area contributed by atoms with Crippen molar-refractivity contribution < 1.29 is 4.79 Å². The van der Waals surface area contributed by atoms with Gasteiger partial charge in [-0.1, -0.05) is 53.2 Å². The third kappa shape index (κ3) is 3.70. The van der Waals surface area contributed by atoms with Crippen LogP contribution in [0.4, 0.5) is 5.69 Å². The fraction of sp³-hybridized carbons (Fsp3) is 0.235. The summed E-state index contributed by atoms with van der Waals surface area (Å²) in [5.74, 6) is 0.0951. The van der Waals surface area contributed by atoms with Crippen LogP contribution in [0.25, 0.3) is 0 Å². The second-order valence-electron chi connectivity index (χ2n) is 4.94. The smallest absolute Gasteiger partial charge is 0.135 e. The maximum absolute atomic E-state index is 11.8. The average Bonchev–Trinajstić information content (AvgIpc) is 2.46. The van der Waals surface area contributed by atoms with Crippen molar-refractivity contribution in [3.63, 3.8) is 0 Å². The Bertz CT molecular complexity index is 565. The number of rotatable bonds is 5. The fourth-order valence-electron chi connectivity index (χ4n) is 2.12. The largest absolute Gasteiger partial charge is 0.378 e. The van der Waals surface area contributed by atoms with Crippen LogP contribution >= 0.6 is 15.9 Å². The lowest BCUT2D eigenvalue weighted by Crippen LogP contribution is -2.23. The molecule has 0 saturated heterocycles. The van der Waals surface area contributed by atoms with Crippen molar-refractivity contribution >= 4 is 27.4 Å². The number of anilines is 1. The topological polar surface area (TPSA) is 29.1 Å². The summed E-state index contributed by atoms with van der Waals surface area (Å²) >= 11 is 3.44. The maximum atomic E-state index is 11.8. The van der Waals surface area contributed by atoms with Gasteiger partial charge in [-0.25, -0.2) is 0 Å². The summed E-state index contributed by atoms with van der Waals surface area (Å²) < 4.78 is 1.04. The Morgan fingerprint density at radius 1 is 1.05 bits per heavy atom. The molecule has 0 radical (unpaired) electrons. The molecule has 0 heterocycles. The third-order valence-electron chi connectivity index (χ3n) is 3.47. The van der Waals surface area contributed by atoms with Crippen LogP contribution in [0.5, 0.6) is 0 Å². The number of benzene rings is 2. The summed E-state index contributed by atoms with van der Waals surface area (Å²) in [5, 5.41) is 3.46. The van der Waals surface area contributed by atoms with Gasteiger partial charge >= 0.3 is 0 Å². The molecule has 2 rings (SSSR count). The number of ketones is 1. The van der Waals surface area contributed by atoms with E-state index >= 15 is 0 Å². The molecule has 20 heavy (non-hydrogen) atoms. The molecule has 0 amide bonds. The minimum absolute atomic E-state index is 0.0250. The number of Topliss-reactive ketones (excluding diaryl/α,β-unsaturated/α-hetero) is 1. The predicted octanol–water partition coefficient (Wildman–Crippen LogP) is 4.83. The minimum atomic E-state index is -0.0867. The second kappa shape index (κ2) is 6.71. The van der Waals surface area contributed by atoms with E-state index in [-0.39, 0.29) is 17.7 Å². The molecule has 104 valence electrons. The third-order valence-corrected chi connectivity index (χ3v) is 3.99. The molecule has 0 aromatic heterocycles. The zero-order valence-electron chi connectivity index (χ0n) is 11.6. The fourth-order valence-corrected chi connectivity index (χ4v) is 2.38. The van der Waals surface area contributed by atoms with Crippen molar-refractivity contribution in [2.75, 3.05) is 5.32 Å². The van der Waals surface area contributed by atoms with Gasteiger partial charge in [0.1, 0.15) is 5.78 Å². The summed E-state index contributed by atoms with van der Waals surface area (Å²) in [5.41, 5.74) is 2.13. The zero-order valence-corrected chi connectivity index (χ0v) is 13.2. The highest BCUT2D eigenvalue weighted by atomic mass is 79.9. The van der Waals surface area contributed by atoms with Gasteiger partial charge in [0.2, 0.25) is 0 Å². The van der Waals surface area contributed by atoms with E-state index in [9.17, 15) is 4.79 Å². The van der Waals surface area contributed by atoms with E-state index < -0.39 is 0 Å². The van der Waals surface area contributed by atoms with Gasteiger partial charge in [-0.3, -0.25) is 4.79 Å². The van der Waals surface area contributed by atoms with Crippen LogP contribution in [0.2, 0.25) is 0 Å². The van der Waals surface area contributed by atoms with Gasteiger partial charge < -0.3 is 5.32 Å². The van der Waals surface area contributed by atoms with Crippen LogP contribution in [0.3, 0.4) is 0 Å². The van der Waals surface area contributed by atoms with Gasteiger partial charge in [-0.2, -0.15) is 0 Å². The number of nitrogens with one attached hydrogen (secondary N) is 1. The number of hydrogen-bond acceptors (Lipinski definition) is 2. The summed E-state index contributed by atoms with van der Waals surface area (Å²) in [4.78, 5) is 11.8. The summed E-state index contributed by atoms with van der Waals surface area (Å²) in [6.07, 6.45) is 0. The Balaban J connectivity index is 2.29. The Labute approximate surface area is 128 Å². The highest BCUT2D eigenvalue weighted by molar-refractivity contribution is 9.10. The first-order valence-corrected chi connectivity index (χ1v) is 7.44. The van der Waals surface area contributed by atoms with E-state index in [0.29, 0.717) is 0 Å². The first-order chi connectivity index (χ1) is 9.58. The standard InChI is InChI=1S/C17H18BrNO/c1-12(13(2)20)17(14-8-10-15(18)11-9-14)19-16-6-4-3-5-7-16/h3-12,17,19H,1-2H3. The van der Waals surface area contributed by atoms with Gasteiger partial charge in [-0.05, 0) is 36.8 Å². The SMILES string of the molecule is CC(=O)C(C)C(Nc1ccccc1)c1ccc(Br)cc1. The van der Waals surface area contributed by atoms with E-state index in [1.807, 2.05) is 61.5 Å². The zero-order chi connectivity index (χ0) is 14.5. The molecule has 0 bridgehead atoms. The van der Waals surface area contributed by atoms with Crippen molar-refractivity contribution in [1.29, 1.82) is 0 Å². The molecular weight excluding hydrogens is 314 g/mol. The van der Waals surface area contributed by atoms with Crippen LogP contribution in [0, 0.1) is 5.92 Å². The van der Waals surface area contributed by atoms with Gasteiger partial charge in [0, 0.05) is 16.1 Å². The normalized spacial score (nSPS) is 13.6. The van der Waals surface area contributed by atoms with E-state index in [2.05, 4.69) is 21.2 Å². The van der Waals surface area contributed by atoms with Crippen LogP contribution in [-0.2, 0) is 4.79 Å². The Kier molecular flexibility index (Phi) is 4.96. The molecular formula is C17H18BrNO. The maximum Gasteiger partial charge on any atom is 0.135 e. The average molecular weight is 332 g/mol. The van der Waals surface area contributed by atoms with Gasteiger partial charge in [0.25, 0.3) is 0 Å². The molecule has 0 saturated carbocycles. The number of hydrogen-bond donors (Lipinski definition) is 1. The number of halogens is 1. The Hall–Kier alpha value is -1.61. The van der Waals surface area contributed by atoms with Crippen LogP contribution < -0.4 is 5.32 Å². The molecule has 0 spiro atoms. The molecule has 3 heteroatoms. The van der Waals surface area contributed by atoms with Crippen LogP contribution in [0.1, 0.15) is 25.5 Å². The molecule has 0 aliphatic carbocycles. The van der Waals surface area contributed by atoms with Crippen molar-refractivity contribution in [1.82, 2.24) is 0 Å². The van der Waals surface area contributed by atoms with Gasteiger partial charge in [-0.15, -0.1) is 0 Å². The molecule has 2 unspecified atom stereocenters. The van der Waals surface area contributed by atoms with Gasteiger partial charge in [0.05, 0.1) is 6.04 Å². The van der Waals surface area contributed by atoms with Crippen molar-refractivity contribution in [3.05, 3.63) is 64.6 Å². The lowest BCUT2D eigenvalue weighted by molar-refractivity contribution is -0.120.